The van der Waals surface area contributed by atoms with E-state index in [0.717, 1.165) is 12.1 Å². The van der Waals surface area contributed by atoms with Crippen LogP contribution in [0.15, 0.2) is 42.5 Å². The average Bonchev–Trinajstić information content (AvgIpc) is 2.39. The first kappa shape index (κ1) is 13.5. The average molecular weight is 265 g/mol. The summed E-state index contributed by atoms with van der Waals surface area (Å²) in [5, 5.41) is 0. The van der Waals surface area contributed by atoms with Crippen molar-refractivity contribution in [3.8, 4) is 16.9 Å². The van der Waals surface area contributed by atoms with Crippen molar-refractivity contribution >= 4 is 0 Å². The fourth-order valence-electron chi connectivity index (χ4n) is 1.71. The van der Waals surface area contributed by atoms with Crippen LogP contribution in [-0.2, 0) is 6.18 Å². The second-order valence-corrected chi connectivity index (χ2v) is 3.95. The van der Waals surface area contributed by atoms with Crippen LogP contribution >= 0.6 is 0 Å². The molecule has 99 valence electrons. The smallest absolute Gasteiger partial charge is 0.416 e. The minimum Gasteiger partial charge on any atom is -0.494 e. The van der Waals surface area contributed by atoms with E-state index in [1.807, 2.05) is 6.92 Å². The number of hydrogen-bond donors (Lipinski definition) is 0. The van der Waals surface area contributed by atoms with E-state index >= 15 is 0 Å². The molecule has 0 aliphatic rings. The first-order valence-corrected chi connectivity index (χ1v) is 5.83. The summed E-state index contributed by atoms with van der Waals surface area (Å²) < 4.78 is 43.1. The van der Waals surface area contributed by atoms with E-state index in [-0.39, 0.29) is 0 Å². The molecule has 19 heavy (non-hydrogen) atoms. The summed E-state index contributed by atoms with van der Waals surface area (Å²) in [4.78, 5) is 0. The molecule has 0 spiro atoms. The highest BCUT2D eigenvalue weighted by Gasteiger charge is 2.30. The minimum atomic E-state index is -4.34. The van der Waals surface area contributed by atoms with Crippen LogP contribution in [0.25, 0.3) is 11.1 Å². The Balaban J connectivity index is 2.31. The lowest BCUT2D eigenvalue weighted by atomic mass is 10.0. The number of hydrogen-bond acceptors (Lipinski definition) is 1. The van der Waals surface area contributed by atoms with Crippen LogP contribution in [0.2, 0.25) is 0 Å². The van der Waals surface area contributed by atoms with Crippen molar-refractivity contribution in [3.05, 3.63) is 54.1 Å². The van der Waals surface area contributed by atoms with Gasteiger partial charge in [0, 0.05) is 0 Å². The van der Waals surface area contributed by atoms with Gasteiger partial charge in [-0.15, -0.1) is 0 Å². The number of rotatable bonds is 3. The molecule has 0 fully saturated rings. The first-order chi connectivity index (χ1) is 9.00. The van der Waals surface area contributed by atoms with E-state index in [2.05, 4.69) is 6.07 Å². The first-order valence-electron chi connectivity index (χ1n) is 5.83. The molecule has 0 amide bonds. The highest BCUT2D eigenvalue weighted by atomic mass is 19.4. The molecule has 2 aromatic carbocycles. The molecule has 0 unspecified atom stereocenters. The monoisotopic (exact) mass is 265 g/mol. The lowest BCUT2D eigenvalue weighted by molar-refractivity contribution is -0.137. The lowest BCUT2D eigenvalue weighted by Gasteiger charge is -2.09. The number of halogens is 3. The Morgan fingerprint density at radius 1 is 1.11 bits per heavy atom. The zero-order valence-corrected chi connectivity index (χ0v) is 10.3. The quantitative estimate of drug-likeness (QED) is 0.789. The summed E-state index contributed by atoms with van der Waals surface area (Å²) in [5.74, 6) is 0.693. The molecular weight excluding hydrogens is 253 g/mol. The Labute approximate surface area is 109 Å². The summed E-state index contributed by atoms with van der Waals surface area (Å²) >= 11 is 0. The van der Waals surface area contributed by atoms with Crippen molar-refractivity contribution in [2.75, 3.05) is 6.61 Å². The second kappa shape index (κ2) is 5.34. The summed E-state index contributed by atoms with van der Waals surface area (Å²) in [7, 11) is 0. The van der Waals surface area contributed by atoms with Gasteiger partial charge in [-0.05, 0) is 48.4 Å². The predicted octanol–water partition coefficient (Wildman–Crippen LogP) is 4.57. The van der Waals surface area contributed by atoms with Gasteiger partial charge in [-0.2, -0.15) is 13.2 Å². The predicted molar refractivity (Wildman–Crippen MR) is 66.9 cm³/mol. The molecule has 2 aromatic rings. The maximum atomic E-state index is 12.6. The van der Waals surface area contributed by atoms with Crippen LogP contribution < -0.4 is 4.74 Å². The maximum Gasteiger partial charge on any atom is 0.416 e. The van der Waals surface area contributed by atoms with Crippen LogP contribution in [-0.4, -0.2) is 6.61 Å². The Kier molecular flexibility index (Phi) is 3.79. The van der Waals surface area contributed by atoms with Crippen molar-refractivity contribution in [2.24, 2.45) is 0 Å². The number of benzene rings is 2. The molecule has 2 rings (SSSR count). The topological polar surface area (TPSA) is 9.23 Å². The standard InChI is InChI=1S/C15H12F3O/c1-2-19-14-8-6-11(7-9-14)12-4-3-5-13(10-12)15(16,17)18/h3,5-10H,2H2,1H3. The Morgan fingerprint density at radius 2 is 1.79 bits per heavy atom. The third-order valence-electron chi connectivity index (χ3n) is 2.61. The van der Waals surface area contributed by atoms with E-state index in [4.69, 9.17) is 4.74 Å². The Hall–Kier alpha value is -1.97. The Bertz CT molecular complexity index is 544. The highest BCUT2D eigenvalue weighted by Crippen LogP contribution is 2.32. The molecule has 0 N–H and O–H groups in total. The molecule has 1 nitrogen and oxygen atoms in total. The molecule has 0 saturated heterocycles. The molecule has 0 aliphatic heterocycles. The van der Waals surface area contributed by atoms with Gasteiger partial charge in [0.2, 0.25) is 0 Å². The fourth-order valence-corrected chi connectivity index (χ4v) is 1.71. The molecule has 0 saturated carbocycles. The van der Waals surface area contributed by atoms with Crippen molar-refractivity contribution < 1.29 is 17.9 Å². The van der Waals surface area contributed by atoms with E-state index in [1.54, 1.807) is 24.3 Å². The van der Waals surface area contributed by atoms with Gasteiger partial charge < -0.3 is 4.74 Å². The highest BCUT2D eigenvalue weighted by molar-refractivity contribution is 5.64. The van der Waals surface area contributed by atoms with Crippen molar-refractivity contribution in [3.63, 3.8) is 0 Å². The van der Waals surface area contributed by atoms with E-state index in [0.29, 0.717) is 23.5 Å². The van der Waals surface area contributed by atoms with Gasteiger partial charge in [0.05, 0.1) is 12.2 Å². The van der Waals surface area contributed by atoms with E-state index in [9.17, 15) is 13.2 Å². The largest absolute Gasteiger partial charge is 0.494 e. The molecule has 4 heteroatoms. The van der Waals surface area contributed by atoms with Crippen LogP contribution in [0.5, 0.6) is 5.75 Å². The van der Waals surface area contributed by atoms with Gasteiger partial charge in [-0.3, -0.25) is 0 Å². The van der Waals surface area contributed by atoms with Crippen LogP contribution in [0.4, 0.5) is 13.2 Å². The molecule has 1 radical (unpaired) electrons. The third kappa shape index (κ3) is 3.28. The zero-order valence-electron chi connectivity index (χ0n) is 10.3. The van der Waals surface area contributed by atoms with Crippen LogP contribution in [0.1, 0.15) is 12.5 Å². The third-order valence-corrected chi connectivity index (χ3v) is 2.61. The fraction of sp³-hybridized carbons (Fsp3) is 0.200. The van der Waals surface area contributed by atoms with Crippen LogP contribution in [0, 0.1) is 6.07 Å². The van der Waals surface area contributed by atoms with Crippen molar-refractivity contribution in [1.29, 1.82) is 0 Å². The Morgan fingerprint density at radius 3 is 2.37 bits per heavy atom. The molecule has 0 aliphatic carbocycles. The number of alkyl halides is 3. The molecule has 0 heterocycles. The zero-order chi connectivity index (χ0) is 13.9. The second-order valence-electron chi connectivity index (χ2n) is 3.95. The van der Waals surface area contributed by atoms with Crippen LogP contribution in [0.3, 0.4) is 0 Å². The normalized spacial score (nSPS) is 11.4. The van der Waals surface area contributed by atoms with Crippen molar-refractivity contribution in [2.45, 2.75) is 13.1 Å². The molecular formula is C15H12F3O. The summed E-state index contributed by atoms with van der Waals surface area (Å²) in [6.07, 6.45) is -4.34. The van der Waals surface area contributed by atoms with Crippen molar-refractivity contribution in [1.82, 2.24) is 0 Å². The summed E-state index contributed by atoms with van der Waals surface area (Å²) in [6, 6.07) is 13.1. The lowest BCUT2D eigenvalue weighted by Crippen LogP contribution is -2.04. The molecule has 0 bridgehead atoms. The SMILES string of the molecule is CCOc1ccc(-c2[c]ccc(C(F)(F)F)c2)cc1. The van der Waals surface area contributed by atoms with Gasteiger partial charge in [0.1, 0.15) is 5.75 Å². The van der Waals surface area contributed by atoms with Gasteiger partial charge in [-0.25, -0.2) is 0 Å². The van der Waals surface area contributed by atoms with Gasteiger partial charge in [-0.1, -0.05) is 18.2 Å². The minimum absolute atomic E-state index is 0.415. The van der Waals surface area contributed by atoms with Gasteiger partial charge in [0.25, 0.3) is 0 Å². The maximum absolute atomic E-state index is 12.6. The number of ether oxygens (including phenoxy) is 1. The summed E-state index contributed by atoms with van der Waals surface area (Å²) in [5.41, 5.74) is 0.419. The van der Waals surface area contributed by atoms with Gasteiger partial charge in [0.15, 0.2) is 0 Å². The van der Waals surface area contributed by atoms with E-state index in [1.165, 1.54) is 6.07 Å². The van der Waals surface area contributed by atoms with E-state index < -0.39 is 11.7 Å². The molecule has 0 aromatic heterocycles. The molecule has 0 atom stereocenters. The van der Waals surface area contributed by atoms with Gasteiger partial charge >= 0.3 is 6.18 Å². The summed E-state index contributed by atoms with van der Waals surface area (Å²) in [6.45, 7) is 2.42.